The quantitative estimate of drug-likeness (QED) is 0.656. The zero-order valence-electron chi connectivity index (χ0n) is 10.7. The number of hydrogen-bond donors (Lipinski definition) is 3. The van der Waals surface area contributed by atoms with Crippen molar-refractivity contribution in [2.24, 2.45) is 0 Å². The van der Waals surface area contributed by atoms with E-state index in [0.29, 0.717) is 0 Å². The van der Waals surface area contributed by atoms with Crippen molar-refractivity contribution in [1.82, 2.24) is 15.6 Å². The van der Waals surface area contributed by atoms with Gasteiger partial charge >= 0.3 is 12.0 Å². The Balaban J connectivity index is 2.46. The number of ether oxygens (including phenoxy) is 1. The summed E-state index contributed by atoms with van der Waals surface area (Å²) in [5.74, 6) is -1.91. The van der Waals surface area contributed by atoms with Crippen LogP contribution in [0.5, 0.6) is 0 Å². The molecule has 0 radical (unpaired) electrons. The number of nitrogens with zero attached hydrogens (tertiary/aromatic N) is 1. The Labute approximate surface area is 117 Å². The molecule has 0 atom stereocenters. The summed E-state index contributed by atoms with van der Waals surface area (Å²) in [6.45, 7) is 0.696. The van der Waals surface area contributed by atoms with Gasteiger partial charge in [-0.05, 0) is 0 Å². The lowest BCUT2D eigenvalue weighted by Crippen LogP contribution is -2.39. The number of nitrogens with one attached hydrogen (secondary N) is 3. The van der Waals surface area contributed by atoms with Crippen molar-refractivity contribution in [2.75, 3.05) is 19.0 Å². The van der Waals surface area contributed by atoms with Crippen LogP contribution in [0.3, 0.4) is 0 Å². The molecule has 1 heterocycles. The Bertz CT molecular complexity index is 542. The van der Waals surface area contributed by atoms with E-state index in [4.69, 9.17) is 0 Å². The van der Waals surface area contributed by atoms with Crippen LogP contribution >= 0.6 is 11.3 Å². The Morgan fingerprint density at radius 3 is 2.65 bits per heavy atom. The van der Waals surface area contributed by atoms with Gasteiger partial charge in [0.1, 0.15) is 0 Å². The highest BCUT2D eigenvalue weighted by molar-refractivity contribution is 7.14. The fourth-order valence-corrected chi connectivity index (χ4v) is 1.73. The largest absolute Gasteiger partial charge is 0.451 e. The third-order valence-corrected chi connectivity index (χ3v) is 2.57. The van der Waals surface area contributed by atoms with Crippen LogP contribution < -0.4 is 16.0 Å². The molecular formula is C10H12N4O5S. The number of rotatable bonds is 4. The maximum Gasteiger partial charge on any atom is 0.358 e. The number of carbonyl (C=O) groups excluding carboxylic acids is 4. The molecule has 0 unspecified atom stereocenters. The van der Waals surface area contributed by atoms with Crippen LogP contribution in [0.2, 0.25) is 0 Å². The molecule has 0 saturated heterocycles. The summed E-state index contributed by atoms with van der Waals surface area (Å²) in [5.41, 5.74) is -0.0357. The molecule has 0 aliphatic rings. The first-order chi connectivity index (χ1) is 9.42. The van der Waals surface area contributed by atoms with E-state index >= 15 is 0 Å². The lowest BCUT2D eigenvalue weighted by molar-refractivity contribution is -0.123. The average molecular weight is 300 g/mol. The summed E-state index contributed by atoms with van der Waals surface area (Å²) < 4.78 is 4.65. The van der Waals surface area contributed by atoms with Crippen LogP contribution in [-0.4, -0.2) is 42.5 Å². The molecule has 0 saturated carbocycles. The number of imide groups is 1. The van der Waals surface area contributed by atoms with Gasteiger partial charge in [0.2, 0.25) is 5.91 Å². The number of urea groups is 1. The summed E-state index contributed by atoms with van der Waals surface area (Å²) in [6, 6.07) is -0.701. The third kappa shape index (κ3) is 5.02. The SMILES string of the molecule is CNC(=O)NC(=O)COC(=O)c1csc(NC(C)=O)n1. The second-order valence-corrected chi connectivity index (χ2v) is 4.28. The van der Waals surface area contributed by atoms with Crippen molar-refractivity contribution in [3.8, 4) is 0 Å². The summed E-state index contributed by atoms with van der Waals surface area (Å²) >= 11 is 1.05. The molecule has 4 amide bonds. The number of carbonyl (C=O) groups is 4. The van der Waals surface area contributed by atoms with Crippen molar-refractivity contribution in [3.63, 3.8) is 0 Å². The molecule has 20 heavy (non-hydrogen) atoms. The highest BCUT2D eigenvalue weighted by Gasteiger charge is 2.15. The minimum absolute atomic E-state index is 0.0357. The molecule has 3 N–H and O–H groups in total. The molecule has 1 aromatic heterocycles. The number of hydrogen-bond acceptors (Lipinski definition) is 7. The maximum atomic E-state index is 11.5. The molecular weight excluding hydrogens is 288 g/mol. The van der Waals surface area contributed by atoms with E-state index in [2.05, 4.69) is 20.4 Å². The number of thiazole rings is 1. The summed E-state index contributed by atoms with van der Waals surface area (Å²) in [4.78, 5) is 48.1. The van der Waals surface area contributed by atoms with Crippen molar-refractivity contribution >= 4 is 40.3 Å². The van der Waals surface area contributed by atoms with E-state index < -0.39 is 24.5 Å². The van der Waals surface area contributed by atoms with E-state index in [9.17, 15) is 19.2 Å². The third-order valence-electron chi connectivity index (χ3n) is 1.81. The van der Waals surface area contributed by atoms with Gasteiger partial charge in [-0.3, -0.25) is 14.9 Å². The highest BCUT2D eigenvalue weighted by atomic mass is 32.1. The Kier molecular flexibility index (Phi) is 5.59. The summed E-state index contributed by atoms with van der Waals surface area (Å²) in [5, 5.41) is 8.14. The Morgan fingerprint density at radius 2 is 2.05 bits per heavy atom. The van der Waals surface area contributed by atoms with Crippen molar-refractivity contribution in [3.05, 3.63) is 11.1 Å². The lowest BCUT2D eigenvalue weighted by atomic mass is 10.5. The number of esters is 1. The predicted molar refractivity (Wildman–Crippen MR) is 69.3 cm³/mol. The van der Waals surface area contributed by atoms with Gasteiger partial charge in [0.15, 0.2) is 17.4 Å². The molecule has 1 aromatic rings. The zero-order chi connectivity index (χ0) is 15.1. The second-order valence-electron chi connectivity index (χ2n) is 3.42. The minimum atomic E-state index is -0.829. The first-order valence-corrected chi connectivity index (χ1v) is 6.22. The monoisotopic (exact) mass is 300 g/mol. The van der Waals surface area contributed by atoms with E-state index in [-0.39, 0.29) is 16.7 Å². The topological polar surface area (TPSA) is 126 Å². The van der Waals surface area contributed by atoms with Crippen molar-refractivity contribution in [1.29, 1.82) is 0 Å². The molecule has 0 bridgehead atoms. The molecule has 0 aliphatic carbocycles. The lowest BCUT2D eigenvalue weighted by Gasteiger charge is -2.03. The van der Waals surface area contributed by atoms with E-state index in [1.165, 1.54) is 19.4 Å². The zero-order valence-corrected chi connectivity index (χ0v) is 11.5. The molecule has 0 aliphatic heterocycles. The van der Waals surface area contributed by atoms with E-state index in [1.54, 1.807) is 0 Å². The van der Waals surface area contributed by atoms with Gasteiger partial charge in [0.05, 0.1) is 0 Å². The standard InChI is InChI=1S/C10H12N4O5S/c1-5(15)12-10-13-6(4-20-10)8(17)19-3-7(16)14-9(18)11-2/h4H,3H2,1-2H3,(H,12,13,15)(H2,11,14,16,18). The normalized spacial score (nSPS) is 9.50. The smallest absolute Gasteiger partial charge is 0.358 e. The van der Waals surface area contributed by atoms with Gasteiger partial charge in [-0.15, -0.1) is 11.3 Å². The minimum Gasteiger partial charge on any atom is -0.451 e. The molecule has 0 fully saturated rings. The summed E-state index contributed by atoms with van der Waals surface area (Å²) in [6.07, 6.45) is 0. The van der Waals surface area contributed by atoms with Gasteiger partial charge in [-0.1, -0.05) is 0 Å². The van der Waals surface area contributed by atoms with Crippen LogP contribution in [0, 0.1) is 0 Å². The first kappa shape index (κ1) is 15.6. The van der Waals surface area contributed by atoms with Gasteiger partial charge in [-0.2, -0.15) is 0 Å². The van der Waals surface area contributed by atoms with Crippen molar-refractivity contribution < 1.29 is 23.9 Å². The van der Waals surface area contributed by atoms with E-state index in [0.717, 1.165) is 11.3 Å². The fourth-order valence-electron chi connectivity index (χ4n) is 1.01. The van der Waals surface area contributed by atoms with Gasteiger partial charge in [-0.25, -0.2) is 14.6 Å². The molecule has 0 aromatic carbocycles. The van der Waals surface area contributed by atoms with Crippen LogP contribution in [0.15, 0.2) is 5.38 Å². The predicted octanol–water partition coefficient (Wildman–Crippen LogP) is -0.286. The maximum absolute atomic E-state index is 11.5. The highest BCUT2D eigenvalue weighted by Crippen LogP contribution is 2.15. The Hall–Kier alpha value is -2.49. The number of anilines is 1. The first-order valence-electron chi connectivity index (χ1n) is 5.34. The Morgan fingerprint density at radius 1 is 1.35 bits per heavy atom. The molecule has 1 rings (SSSR count). The molecule has 10 heteroatoms. The number of aromatic nitrogens is 1. The van der Waals surface area contributed by atoms with Crippen LogP contribution in [-0.2, 0) is 14.3 Å². The van der Waals surface area contributed by atoms with E-state index in [1.807, 2.05) is 5.32 Å². The van der Waals surface area contributed by atoms with Gasteiger partial charge < -0.3 is 15.4 Å². The van der Waals surface area contributed by atoms with Crippen LogP contribution in [0.4, 0.5) is 9.93 Å². The molecule has 0 spiro atoms. The van der Waals surface area contributed by atoms with Gasteiger partial charge in [0, 0.05) is 19.4 Å². The fraction of sp³-hybridized carbons (Fsp3) is 0.300. The van der Waals surface area contributed by atoms with Crippen LogP contribution in [0.25, 0.3) is 0 Å². The van der Waals surface area contributed by atoms with Crippen LogP contribution in [0.1, 0.15) is 17.4 Å². The van der Waals surface area contributed by atoms with Crippen molar-refractivity contribution in [2.45, 2.75) is 6.92 Å². The molecule has 108 valence electrons. The molecule has 9 nitrogen and oxygen atoms in total. The summed E-state index contributed by atoms with van der Waals surface area (Å²) in [7, 11) is 1.34. The van der Waals surface area contributed by atoms with Gasteiger partial charge in [0.25, 0.3) is 5.91 Å². The number of amides is 4. The second kappa shape index (κ2) is 7.19. The average Bonchev–Trinajstić information content (AvgIpc) is 2.83.